The number of nitro groups is 2. The fraction of sp³-hybridized carbons (Fsp3) is 0.231. The van der Waals surface area contributed by atoms with Crippen LogP contribution in [0.15, 0.2) is 23.3 Å². The Labute approximate surface area is 149 Å². The molecule has 25 heavy (non-hydrogen) atoms. The second-order valence-corrected chi connectivity index (χ2v) is 6.62. The third-order valence-electron chi connectivity index (χ3n) is 2.85. The molecule has 0 aromatic carbocycles. The summed E-state index contributed by atoms with van der Waals surface area (Å²) in [5.74, 6) is 0. The van der Waals surface area contributed by atoms with Gasteiger partial charge in [0.1, 0.15) is 4.88 Å². The molecule has 12 heteroatoms. The predicted octanol–water partition coefficient (Wildman–Crippen LogP) is 3.76. The highest BCUT2D eigenvalue weighted by atomic mass is 32.1. The summed E-state index contributed by atoms with van der Waals surface area (Å²) >= 11 is 1.92. The second-order valence-electron chi connectivity index (χ2n) is 4.51. The maximum atomic E-state index is 11.3. The van der Waals surface area contributed by atoms with Gasteiger partial charge in [0.25, 0.3) is 5.69 Å². The summed E-state index contributed by atoms with van der Waals surface area (Å²) < 4.78 is 4.67. The van der Waals surface area contributed by atoms with Gasteiger partial charge in [0, 0.05) is 12.1 Å². The molecule has 0 spiro atoms. The van der Waals surface area contributed by atoms with Gasteiger partial charge in [0.15, 0.2) is 0 Å². The van der Waals surface area contributed by atoms with Crippen LogP contribution in [0.4, 0.5) is 15.5 Å². The van der Waals surface area contributed by atoms with E-state index in [1.165, 1.54) is 18.2 Å². The fourth-order valence-electron chi connectivity index (χ4n) is 1.77. The third kappa shape index (κ3) is 4.36. The first kappa shape index (κ1) is 18.5. The average Bonchev–Trinajstić information content (AvgIpc) is 3.19. The van der Waals surface area contributed by atoms with Crippen molar-refractivity contribution in [2.24, 2.45) is 5.10 Å². The quantitative estimate of drug-likeness (QED) is 0.457. The van der Waals surface area contributed by atoms with Crippen LogP contribution in [-0.4, -0.2) is 28.3 Å². The Balaban J connectivity index is 2.35. The molecule has 2 rings (SSSR count). The van der Waals surface area contributed by atoms with Crippen LogP contribution >= 0.6 is 22.7 Å². The molecule has 1 N–H and O–H groups in total. The first-order chi connectivity index (χ1) is 11.8. The largest absolute Gasteiger partial charge is 0.449 e. The van der Waals surface area contributed by atoms with Crippen molar-refractivity contribution in [2.75, 3.05) is 6.61 Å². The van der Waals surface area contributed by atoms with Crippen molar-refractivity contribution >= 4 is 45.2 Å². The number of amides is 1. The number of nitrogens with one attached hydrogen (secondary N) is 1. The standard InChI is InChI=1S/C13H12N4O6S2/c1-3-23-13(18)15-14-7(2)10-6-8(16(19)20)12(25-10)9-4-5-11(24-9)17(21)22/h4-6H,3H2,1-2H3,(H,15,18)/b14-7+. The Kier molecular flexibility index (Phi) is 5.77. The topological polar surface area (TPSA) is 137 Å². The molecule has 0 saturated carbocycles. The minimum atomic E-state index is -0.734. The van der Waals surface area contributed by atoms with Gasteiger partial charge in [-0.2, -0.15) is 5.10 Å². The van der Waals surface area contributed by atoms with E-state index in [0.29, 0.717) is 20.3 Å². The van der Waals surface area contributed by atoms with Gasteiger partial charge < -0.3 is 4.74 Å². The molecule has 0 radical (unpaired) electrons. The van der Waals surface area contributed by atoms with Crippen molar-refractivity contribution in [1.29, 1.82) is 0 Å². The van der Waals surface area contributed by atoms with Crippen molar-refractivity contribution in [3.63, 3.8) is 0 Å². The lowest BCUT2D eigenvalue weighted by molar-refractivity contribution is -0.383. The summed E-state index contributed by atoms with van der Waals surface area (Å²) in [6.45, 7) is 3.40. The van der Waals surface area contributed by atoms with Gasteiger partial charge in [0.05, 0.1) is 31.9 Å². The second kappa shape index (κ2) is 7.81. The molecule has 2 aromatic heterocycles. The molecule has 0 aliphatic heterocycles. The molecule has 0 bridgehead atoms. The summed E-state index contributed by atoms with van der Waals surface area (Å²) in [5.41, 5.74) is 2.34. The van der Waals surface area contributed by atoms with Crippen molar-refractivity contribution < 1.29 is 19.4 Å². The van der Waals surface area contributed by atoms with E-state index >= 15 is 0 Å². The van der Waals surface area contributed by atoms with Crippen molar-refractivity contribution in [2.45, 2.75) is 13.8 Å². The molecular formula is C13H12N4O6S2. The first-order valence-corrected chi connectivity index (χ1v) is 8.47. The number of carbonyl (C=O) groups excluding carboxylic acids is 1. The van der Waals surface area contributed by atoms with Gasteiger partial charge in [-0.05, 0) is 19.9 Å². The van der Waals surface area contributed by atoms with Gasteiger partial charge in [0.2, 0.25) is 0 Å². The molecule has 10 nitrogen and oxygen atoms in total. The molecule has 132 valence electrons. The highest BCUT2D eigenvalue weighted by molar-refractivity contribution is 7.24. The van der Waals surface area contributed by atoms with E-state index in [-0.39, 0.29) is 17.3 Å². The Morgan fingerprint density at radius 3 is 2.56 bits per heavy atom. The summed E-state index contributed by atoms with van der Waals surface area (Å²) in [6.07, 6.45) is -0.734. The van der Waals surface area contributed by atoms with Crippen LogP contribution in [0.2, 0.25) is 0 Å². The number of rotatable bonds is 6. The summed E-state index contributed by atoms with van der Waals surface area (Å²) in [5, 5.41) is 25.8. The summed E-state index contributed by atoms with van der Waals surface area (Å²) in [4.78, 5) is 33.4. The van der Waals surface area contributed by atoms with Crippen LogP contribution in [0, 0.1) is 20.2 Å². The monoisotopic (exact) mass is 384 g/mol. The van der Waals surface area contributed by atoms with Gasteiger partial charge in [-0.25, -0.2) is 10.2 Å². The van der Waals surface area contributed by atoms with E-state index in [1.54, 1.807) is 13.8 Å². The Bertz CT molecular complexity index is 857. The maximum absolute atomic E-state index is 11.3. The van der Waals surface area contributed by atoms with Crippen LogP contribution in [-0.2, 0) is 4.74 Å². The van der Waals surface area contributed by atoms with Crippen molar-refractivity contribution in [3.8, 4) is 9.75 Å². The SMILES string of the molecule is CCOC(=O)N/N=C(\C)c1cc([N+](=O)[O-])c(-c2ccc([N+](=O)[O-])s2)s1. The van der Waals surface area contributed by atoms with Crippen LogP contribution in [0.1, 0.15) is 18.7 Å². The number of hydrogen-bond acceptors (Lipinski definition) is 9. The zero-order chi connectivity index (χ0) is 18.6. The van der Waals surface area contributed by atoms with Gasteiger partial charge in [-0.1, -0.05) is 11.3 Å². The molecule has 2 heterocycles. The Morgan fingerprint density at radius 1 is 1.28 bits per heavy atom. The Morgan fingerprint density at radius 2 is 2.00 bits per heavy atom. The molecule has 0 fully saturated rings. The van der Waals surface area contributed by atoms with Gasteiger partial charge in [-0.15, -0.1) is 11.3 Å². The summed E-state index contributed by atoms with van der Waals surface area (Å²) in [6, 6.07) is 4.08. The van der Waals surface area contributed by atoms with Crippen molar-refractivity contribution in [1.82, 2.24) is 5.43 Å². The van der Waals surface area contributed by atoms with Crippen LogP contribution in [0.3, 0.4) is 0 Å². The van der Waals surface area contributed by atoms with Gasteiger partial charge >= 0.3 is 11.1 Å². The molecule has 0 aliphatic carbocycles. The van der Waals surface area contributed by atoms with E-state index in [2.05, 4.69) is 15.3 Å². The lowest BCUT2D eigenvalue weighted by Gasteiger charge is -2.00. The summed E-state index contributed by atoms with van der Waals surface area (Å²) in [7, 11) is 0. The lowest BCUT2D eigenvalue weighted by Crippen LogP contribution is -2.20. The van der Waals surface area contributed by atoms with Gasteiger partial charge in [-0.3, -0.25) is 20.2 Å². The highest BCUT2D eigenvalue weighted by Crippen LogP contribution is 2.43. The van der Waals surface area contributed by atoms with Crippen molar-refractivity contribution in [3.05, 3.63) is 43.3 Å². The van der Waals surface area contributed by atoms with E-state index in [0.717, 1.165) is 22.7 Å². The molecule has 0 atom stereocenters. The van der Waals surface area contributed by atoms with Crippen LogP contribution < -0.4 is 5.43 Å². The van der Waals surface area contributed by atoms with E-state index in [9.17, 15) is 25.0 Å². The number of thiophene rings is 2. The zero-order valence-electron chi connectivity index (χ0n) is 13.0. The van der Waals surface area contributed by atoms with Crippen LogP contribution in [0.5, 0.6) is 0 Å². The van der Waals surface area contributed by atoms with Crippen LogP contribution in [0.25, 0.3) is 9.75 Å². The fourth-order valence-corrected chi connectivity index (χ4v) is 3.78. The Hall–Kier alpha value is -2.86. The molecular weight excluding hydrogens is 372 g/mol. The number of ether oxygens (including phenoxy) is 1. The first-order valence-electron chi connectivity index (χ1n) is 6.83. The highest BCUT2D eigenvalue weighted by Gasteiger charge is 2.24. The predicted molar refractivity (Wildman–Crippen MR) is 93.3 cm³/mol. The minimum Gasteiger partial charge on any atom is -0.449 e. The van der Waals surface area contributed by atoms with E-state index in [4.69, 9.17) is 0 Å². The number of hydrazone groups is 1. The van der Waals surface area contributed by atoms with E-state index in [1.807, 2.05) is 0 Å². The molecule has 0 saturated heterocycles. The average molecular weight is 384 g/mol. The normalized spacial score (nSPS) is 11.2. The maximum Gasteiger partial charge on any atom is 0.427 e. The zero-order valence-corrected chi connectivity index (χ0v) is 14.7. The number of nitrogens with zero attached hydrogens (tertiary/aromatic N) is 3. The lowest BCUT2D eigenvalue weighted by atomic mass is 10.3. The number of carbonyl (C=O) groups is 1. The minimum absolute atomic E-state index is 0.103. The third-order valence-corrected chi connectivity index (χ3v) is 5.30. The molecule has 0 unspecified atom stereocenters. The van der Waals surface area contributed by atoms with E-state index < -0.39 is 15.9 Å². The smallest absolute Gasteiger partial charge is 0.427 e. The molecule has 2 aromatic rings. The molecule has 1 amide bonds. The molecule has 0 aliphatic rings. The number of hydrogen-bond donors (Lipinski definition) is 1.